The molecule has 0 aliphatic rings. The summed E-state index contributed by atoms with van der Waals surface area (Å²) in [6.07, 6.45) is -1.12. The van der Waals surface area contributed by atoms with Gasteiger partial charge in [-0.3, -0.25) is 9.13 Å². The molecule has 14 N–H and O–H groups in total. The first-order chi connectivity index (χ1) is 20.4. The number of hydrogen-bond acceptors (Lipinski definition) is 15. The summed E-state index contributed by atoms with van der Waals surface area (Å²) in [5.41, 5.74) is 12.1. The van der Waals surface area contributed by atoms with Crippen LogP contribution in [-0.4, -0.2) is 124 Å². The van der Waals surface area contributed by atoms with Crippen molar-refractivity contribution in [2.24, 2.45) is 0 Å². The molecule has 0 heterocycles. The van der Waals surface area contributed by atoms with Crippen LogP contribution in [0.4, 0.5) is 11.4 Å². The Morgan fingerprint density at radius 3 is 1.22 bits per heavy atom. The van der Waals surface area contributed by atoms with E-state index in [1.165, 1.54) is 52.7 Å². The van der Waals surface area contributed by atoms with Crippen LogP contribution in [-0.2, 0) is 30.9 Å². The summed E-state index contributed by atoms with van der Waals surface area (Å²) in [6.45, 7) is 0. The fourth-order valence-electron chi connectivity index (χ4n) is 3.06. The predicted octanol–water partition coefficient (Wildman–Crippen LogP) is -2.76. The molecule has 0 aromatic heterocycles. The topological polar surface area (TPSA) is 335 Å². The van der Waals surface area contributed by atoms with E-state index in [4.69, 9.17) is 81.6 Å². The Hall–Kier alpha value is -1.23. The van der Waals surface area contributed by atoms with Gasteiger partial charge in [-0.15, -0.1) is 0 Å². The quantitative estimate of drug-likeness (QED) is 0.0526. The highest BCUT2D eigenvalue weighted by atomic mass is 31.2. The monoisotopic (exact) mass is 772 g/mol. The average Bonchev–Trinajstić information content (AvgIpc) is 2.93. The molecule has 46 heavy (non-hydrogen) atoms. The molecule has 19 nitrogen and oxygen atoms in total. The number of nitrogens with two attached hydrogens (primary N) is 2. The van der Waals surface area contributed by atoms with Crippen molar-refractivity contribution in [1.29, 1.82) is 0 Å². The zero-order valence-electron chi connectivity index (χ0n) is 24.8. The number of hydrogen-bond donors (Lipinski definition) is 12. The van der Waals surface area contributed by atoms with E-state index in [2.05, 4.69) is 0 Å². The molecule has 0 saturated carbocycles. The van der Waals surface area contributed by atoms with Crippen LogP contribution in [0.5, 0.6) is 0 Å². The standard InChI is InChI=1S/C12H24NO8PSi2.C6H9NO3Si.C2H9O6PSi.CH4/c1-17-23(18-2,10-9-22(14,15)16)21-24(19-3,20-4)12-7-5-11(13)6-8-12;7-5-1-3-6(4-2-5)11(8,9)10;3-9(4,5)1-2-10(6,7)8;/h5-8H,9-10,13H2,1-4H3,(H2,14,15,16);1-4,8-10H,7H2;6-8H,1-2H2,(H2,3,4,5);1H4. The van der Waals surface area contributed by atoms with Gasteiger partial charge in [0.05, 0.1) is 12.3 Å². The lowest BCUT2D eigenvalue weighted by Gasteiger charge is -2.35. The van der Waals surface area contributed by atoms with E-state index in [1.54, 1.807) is 24.3 Å². The van der Waals surface area contributed by atoms with E-state index in [0.29, 0.717) is 16.6 Å². The van der Waals surface area contributed by atoms with Gasteiger partial charge >= 0.3 is 50.4 Å². The molecule has 0 spiro atoms. The Balaban J connectivity index is 0. The summed E-state index contributed by atoms with van der Waals surface area (Å²) < 4.78 is 49.2. The molecule has 2 rings (SSSR count). The van der Waals surface area contributed by atoms with Gasteiger partial charge in [0.15, 0.2) is 0 Å². The molecule has 0 atom stereocenters. The fraction of sp³-hybridized carbons (Fsp3) is 0.429. The molecule has 0 aliphatic heterocycles. The molecule has 268 valence electrons. The van der Waals surface area contributed by atoms with E-state index in [0.717, 1.165) is 0 Å². The number of nitrogen functional groups attached to an aromatic ring is 2. The Morgan fingerprint density at radius 2 is 0.957 bits per heavy atom. The van der Waals surface area contributed by atoms with Crippen molar-refractivity contribution in [3.05, 3.63) is 48.5 Å². The number of rotatable bonds is 14. The zero-order chi connectivity index (χ0) is 35.3. The van der Waals surface area contributed by atoms with Gasteiger partial charge in [0.1, 0.15) is 0 Å². The summed E-state index contributed by atoms with van der Waals surface area (Å²) in [5.74, 6) is 0. The lowest BCUT2D eigenvalue weighted by atomic mass is 10.3. The first-order valence-corrected chi connectivity index (χ1v) is 23.6. The van der Waals surface area contributed by atoms with Crippen molar-refractivity contribution < 1.29 is 79.3 Å². The lowest BCUT2D eigenvalue weighted by molar-refractivity contribution is 0.0970. The van der Waals surface area contributed by atoms with Crippen LogP contribution in [0.25, 0.3) is 0 Å². The van der Waals surface area contributed by atoms with Crippen LogP contribution < -0.4 is 21.8 Å². The van der Waals surface area contributed by atoms with Crippen molar-refractivity contribution >= 4 is 72.2 Å². The second kappa shape index (κ2) is 19.7. The number of benzene rings is 2. The summed E-state index contributed by atoms with van der Waals surface area (Å²) in [4.78, 5) is 85.9. The summed E-state index contributed by atoms with van der Waals surface area (Å²) in [6, 6.07) is 11.8. The van der Waals surface area contributed by atoms with E-state index < -0.39 is 68.8 Å². The van der Waals surface area contributed by atoms with Crippen LogP contribution in [0.1, 0.15) is 7.43 Å². The third-order valence-corrected chi connectivity index (χ3v) is 16.5. The predicted molar refractivity (Wildman–Crippen MR) is 177 cm³/mol. The molecular weight excluding hydrogens is 727 g/mol. The largest absolute Gasteiger partial charge is 0.529 e. The first kappa shape index (κ1) is 46.9. The second-order valence-electron chi connectivity index (χ2n) is 9.09. The van der Waals surface area contributed by atoms with Gasteiger partial charge in [0.25, 0.3) is 0 Å². The average molecular weight is 773 g/mol. The first-order valence-electron chi connectivity index (χ1n) is 12.4. The summed E-state index contributed by atoms with van der Waals surface area (Å²) in [5, 5.41) is 0.760. The molecule has 0 saturated heterocycles. The van der Waals surface area contributed by atoms with E-state index in [1.807, 2.05) is 0 Å². The van der Waals surface area contributed by atoms with Gasteiger partial charge < -0.3 is 81.6 Å². The van der Waals surface area contributed by atoms with Gasteiger partial charge in [-0.1, -0.05) is 31.7 Å². The summed E-state index contributed by atoms with van der Waals surface area (Å²) in [7, 11) is -18.1. The van der Waals surface area contributed by atoms with Crippen molar-refractivity contribution in [3.8, 4) is 0 Å². The van der Waals surface area contributed by atoms with Crippen LogP contribution >= 0.6 is 15.2 Å². The normalized spacial score (nSPS) is 12.7. The minimum atomic E-state index is -4.26. The van der Waals surface area contributed by atoms with Crippen molar-refractivity contribution in [2.45, 2.75) is 19.5 Å². The maximum atomic E-state index is 11.2. The second-order valence-corrected chi connectivity index (χ2v) is 22.5. The van der Waals surface area contributed by atoms with Crippen LogP contribution in [0.15, 0.2) is 48.5 Å². The van der Waals surface area contributed by atoms with Gasteiger partial charge in [-0.05, 0) is 24.3 Å². The maximum absolute atomic E-state index is 11.2. The third-order valence-electron chi connectivity index (χ3n) is 5.46. The molecule has 0 amide bonds. The highest BCUT2D eigenvalue weighted by molar-refractivity contribution is 7.52. The van der Waals surface area contributed by atoms with Gasteiger partial charge in [0, 0.05) is 62.3 Å². The number of anilines is 2. The van der Waals surface area contributed by atoms with Gasteiger partial charge in [-0.2, -0.15) is 0 Å². The molecule has 0 unspecified atom stereocenters. The van der Waals surface area contributed by atoms with E-state index >= 15 is 0 Å². The molecule has 0 fully saturated rings. The van der Waals surface area contributed by atoms with Crippen LogP contribution in [0.2, 0.25) is 12.1 Å². The Labute approximate surface area is 271 Å². The maximum Gasteiger partial charge on any atom is 0.529 e. The third kappa shape index (κ3) is 18.9. The van der Waals surface area contributed by atoms with Crippen LogP contribution in [0.3, 0.4) is 0 Å². The van der Waals surface area contributed by atoms with Crippen molar-refractivity contribution in [2.75, 3.05) is 52.2 Å². The molecule has 2 aromatic rings. The highest BCUT2D eigenvalue weighted by Gasteiger charge is 2.54. The van der Waals surface area contributed by atoms with Crippen molar-refractivity contribution in [1.82, 2.24) is 0 Å². The van der Waals surface area contributed by atoms with Crippen molar-refractivity contribution in [3.63, 3.8) is 0 Å². The molecule has 0 aliphatic carbocycles. The van der Waals surface area contributed by atoms with Gasteiger partial charge in [-0.25, -0.2) is 0 Å². The Morgan fingerprint density at radius 1 is 0.609 bits per heavy atom. The molecular formula is C21H46N2O17P2Si4. The molecule has 0 radical (unpaired) electrons. The smallest absolute Gasteiger partial charge is 0.399 e. The summed E-state index contributed by atoms with van der Waals surface area (Å²) >= 11 is 0. The fourth-order valence-corrected chi connectivity index (χ4v) is 13.9. The SMILES string of the molecule is C.CO[Si](CCP(=O)(O)O)(OC)O[Si](OC)(OC)c1ccc(N)cc1.Nc1ccc([Si](O)(O)O)cc1.O=P(O)(O)CC[Si](O)(O)O. The van der Waals surface area contributed by atoms with E-state index in [9.17, 15) is 9.13 Å². The van der Waals surface area contributed by atoms with Crippen LogP contribution in [0, 0.1) is 0 Å². The molecule has 0 bridgehead atoms. The highest BCUT2D eigenvalue weighted by Crippen LogP contribution is 2.38. The van der Waals surface area contributed by atoms with Gasteiger partial charge in [0.2, 0.25) is 0 Å². The Bertz CT molecular complexity index is 1230. The molecule has 25 heteroatoms. The zero-order valence-corrected chi connectivity index (χ0v) is 30.6. The molecule has 2 aromatic carbocycles. The Kier molecular flexibility index (Phi) is 20.1. The minimum Gasteiger partial charge on any atom is -0.399 e. The lowest BCUT2D eigenvalue weighted by Crippen LogP contribution is -2.63. The van der Waals surface area contributed by atoms with E-state index in [-0.39, 0.29) is 18.7 Å². The minimum absolute atomic E-state index is 0.